The van der Waals surface area contributed by atoms with Crippen molar-refractivity contribution < 1.29 is 18.7 Å². The summed E-state index contributed by atoms with van der Waals surface area (Å²) < 4.78 is 26.6. The molecule has 2 aromatic heterocycles. The van der Waals surface area contributed by atoms with Crippen molar-refractivity contribution in [3.8, 4) is 11.5 Å². The van der Waals surface area contributed by atoms with E-state index in [2.05, 4.69) is 25.7 Å². The van der Waals surface area contributed by atoms with Crippen LogP contribution in [0.15, 0.2) is 36.9 Å². The number of nitrogens with zero attached hydrogens (tertiary/aromatic N) is 4. The Morgan fingerprint density at radius 3 is 2.61 bits per heavy atom. The topological polar surface area (TPSA) is 103 Å². The van der Waals surface area contributed by atoms with Crippen LogP contribution in [0.2, 0.25) is 0 Å². The van der Waals surface area contributed by atoms with Gasteiger partial charge in [-0.15, -0.1) is 0 Å². The second-order valence-corrected chi connectivity index (χ2v) is 5.79. The van der Waals surface area contributed by atoms with Crippen molar-refractivity contribution in [3.05, 3.63) is 53.9 Å². The number of carbonyl (C=O) groups excluding carboxylic acids is 1. The van der Waals surface area contributed by atoms with Gasteiger partial charge >= 0.3 is 0 Å². The molecule has 1 aromatic carbocycles. The van der Waals surface area contributed by atoms with E-state index in [0.717, 1.165) is 5.69 Å². The van der Waals surface area contributed by atoms with Crippen LogP contribution in [0.1, 0.15) is 15.9 Å². The second-order valence-electron chi connectivity index (χ2n) is 5.79. The number of methoxy groups -OCH3 is 1. The van der Waals surface area contributed by atoms with E-state index in [0.29, 0.717) is 11.7 Å². The van der Waals surface area contributed by atoms with E-state index in [1.54, 1.807) is 24.1 Å². The number of ether oxygens (including phenoxy) is 2. The van der Waals surface area contributed by atoms with Crippen molar-refractivity contribution in [1.29, 1.82) is 0 Å². The van der Waals surface area contributed by atoms with E-state index < -0.39 is 5.82 Å². The van der Waals surface area contributed by atoms with E-state index in [1.165, 1.54) is 38.7 Å². The number of rotatable bonds is 7. The zero-order chi connectivity index (χ0) is 20.1. The molecule has 0 saturated carbocycles. The van der Waals surface area contributed by atoms with Gasteiger partial charge < -0.3 is 20.1 Å². The number of aromatic nitrogens is 4. The molecule has 0 unspecified atom stereocenters. The molecule has 146 valence electrons. The van der Waals surface area contributed by atoms with Crippen LogP contribution in [0, 0.1) is 5.82 Å². The molecule has 10 heteroatoms. The van der Waals surface area contributed by atoms with Crippen molar-refractivity contribution in [2.24, 2.45) is 7.05 Å². The Morgan fingerprint density at radius 1 is 1.25 bits per heavy atom. The maximum Gasteiger partial charge on any atom is 0.251 e. The smallest absolute Gasteiger partial charge is 0.251 e. The van der Waals surface area contributed by atoms with Crippen LogP contribution < -0.4 is 20.1 Å². The van der Waals surface area contributed by atoms with Gasteiger partial charge in [0, 0.05) is 31.4 Å². The first-order valence-electron chi connectivity index (χ1n) is 8.29. The lowest BCUT2D eigenvalue weighted by molar-refractivity contribution is 0.0962. The average Bonchev–Trinajstić information content (AvgIpc) is 3.12. The number of hydrogen-bond donors (Lipinski definition) is 2. The lowest BCUT2D eigenvalue weighted by Gasteiger charge is -2.12. The molecule has 3 rings (SSSR count). The van der Waals surface area contributed by atoms with Gasteiger partial charge in [0.05, 0.1) is 31.4 Å². The number of aryl methyl sites for hydroxylation is 1. The van der Waals surface area contributed by atoms with Crippen molar-refractivity contribution in [2.45, 2.75) is 6.61 Å². The maximum atomic E-state index is 14.4. The summed E-state index contributed by atoms with van der Waals surface area (Å²) in [6, 6.07) is 2.75. The van der Waals surface area contributed by atoms with Crippen molar-refractivity contribution >= 4 is 17.5 Å². The highest BCUT2D eigenvalue weighted by atomic mass is 19.1. The Morgan fingerprint density at radius 2 is 2.00 bits per heavy atom. The Balaban J connectivity index is 1.70. The van der Waals surface area contributed by atoms with Gasteiger partial charge in [-0.2, -0.15) is 5.10 Å². The van der Waals surface area contributed by atoms with Crippen LogP contribution in [-0.4, -0.2) is 39.8 Å². The highest BCUT2D eigenvalue weighted by Crippen LogP contribution is 2.24. The monoisotopic (exact) mass is 386 g/mol. The van der Waals surface area contributed by atoms with Gasteiger partial charge in [0.1, 0.15) is 6.61 Å². The number of hydrogen-bond acceptors (Lipinski definition) is 7. The number of anilines is 2. The molecule has 9 nitrogen and oxygen atoms in total. The molecule has 0 bridgehead atoms. The molecule has 0 aliphatic heterocycles. The molecular formula is C18H19FN6O3. The van der Waals surface area contributed by atoms with Gasteiger partial charge in [-0.25, -0.2) is 14.4 Å². The minimum absolute atomic E-state index is 0.0352. The predicted octanol–water partition coefficient (Wildman–Crippen LogP) is 2.04. The summed E-state index contributed by atoms with van der Waals surface area (Å²) in [6.45, 7) is -0.119. The number of benzene rings is 1. The second kappa shape index (κ2) is 8.33. The van der Waals surface area contributed by atoms with Gasteiger partial charge in [0.15, 0.2) is 17.3 Å². The minimum atomic E-state index is -0.592. The van der Waals surface area contributed by atoms with Gasteiger partial charge in [-0.3, -0.25) is 9.48 Å². The summed E-state index contributed by atoms with van der Waals surface area (Å²) in [4.78, 5) is 20.1. The summed E-state index contributed by atoms with van der Waals surface area (Å²) in [6.07, 6.45) is 6.35. The number of halogens is 1. The molecule has 0 aliphatic carbocycles. The molecule has 28 heavy (non-hydrogen) atoms. The Hall–Kier alpha value is -3.69. The van der Waals surface area contributed by atoms with Crippen molar-refractivity contribution in [2.75, 3.05) is 19.5 Å². The fraction of sp³-hybridized carbons (Fsp3) is 0.222. The highest BCUT2D eigenvalue weighted by Gasteiger charge is 2.15. The van der Waals surface area contributed by atoms with Gasteiger partial charge in [-0.1, -0.05) is 0 Å². The fourth-order valence-electron chi connectivity index (χ4n) is 2.42. The predicted molar refractivity (Wildman–Crippen MR) is 99.2 cm³/mol. The molecule has 3 aromatic rings. The zero-order valence-corrected chi connectivity index (χ0v) is 15.6. The van der Waals surface area contributed by atoms with Crippen molar-refractivity contribution in [1.82, 2.24) is 25.1 Å². The third kappa shape index (κ3) is 4.34. The van der Waals surface area contributed by atoms with Gasteiger partial charge in [0.2, 0.25) is 5.95 Å². The average molecular weight is 386 g/mol. The van der Waals surface area contributed by atoms with Crippen LogP contribution in [0.4, 0.5) is 16.0 Å². The Bertz CT molecular complexity index is 974. The molecule has 1 amide bonds. The molecular weight excluding hydrogens is 367 g/mol. The fourth-order valence-corrected chi connectivity index (χ4v) is 2.42. The Kier molecular flexibility index (Phi) is 5.68. The summed E-state index contributed by atoms with van der Waals surface area (Å²) in [7, 11) is 4.63. The zero-order valence-electron chi connectivity index (χ0n) is 15.6. The largest absolute Gasteiger partial charge is 0.494 e. The van der Waals surface area contributed by atoms with Crippen LogP contribution in [0.5, 0.6) is 11.5 Å². The number of nitrogens with one attached hydrogen (secondary N) is 2. The van der Waals surface area contributed by atoms with Crippen LogP contribution >= 0.6 is 0 Å². The maximum absolute atomic E-state index is 14.4. The molecule has 2 heterocycles. The summed E-state index contributed by atoms with van der Waals surface area (Å²) in [5.74, 6) is -0.262. The van der Waals surface area contributed by atoms with Gasteiger partial charge in [0.25, 0.3) is 5.91 Å². The standard InChI is InChI=1S/C18H19FN6O3/c1-20-17(26)11-4-12(16(19)15(5-11)27-3)10-28-14-7-21-18(22-8-14)24-13-6-23-25(2)9-13/h4-9H,10H2,1-3H3,(H,20,26)(H,21,22,24). The molecule has 0 spiro atoms. The molecule has 2 N–H and O–H groups in total. The molecule has 0 fully saturated rings. The third-order valence-corrected chi connectivity index (χ3v) is 3.81. The van der Waals surface area contributed by atoms with E-state index in [4.69, 9.17) is 9.47 Å². The quantitative estimate of drug-likeness (QED) is 0.640. The van der Waals surface area contributed by atoms with Crippen LogP contribution in [0.25, 0.3) is 0 Å². The lowest BCUT2D eigenvalue weighted by Crippen LogP contribution is -2.18. The Labute approximate surface area is 160 Å². The van der Waals surface area contributed by atoms with Gasteiger partial charge in [-0.05, 0) is 12.1 Å². The SMILES string of the molecule is CNC(=O)c1cc(COc2cnc(Nc3cnn(C)c3)nc2)c(F)c(OC)c1. The molecule has 0 atom stereocenters. The van der Waals surface area contributed by atoms with Crippen LogP contribution in [0.3, 0.4) is 0 Å². The first kappa shape index (κ1) is 19.1. The van der Waals surface area contributed by atoms with Crippen LogP contribution in [-0.2, 0) is 13.7 Å². The first-order chi connectivity index (χ1) is 13.5. The number of carbonyl (C=O) groups is 1. The third-order valence-electron chi connectivity index (χ3n) is 3.81. The van der Waals surface area contributed by atoms with E-state index in [-0.39, 0.29) is 29.4 Å². The number of amides is 1. The molecule has 0 radical (unpaired) electrons. The van der Waals surface area contributed by atoms with Crippen molar-refractivity contribution in [3.63, 3.8) is 0 Å². The van der Waals surface area contributed by atoms with E-state index >= 15 is 0 Å². The lowest BCUT2D eigenvalue weighted by atomic mass is 10.1. The summed E-state index contributed by atoms with van der Waals surface area (Å²) in [5.41, 5.74) is 1.19. The molecule has 0 saturated heterocycles. The van der Waals surface area contributed by atoms with E-state index in [9.17, 15) is 9.18 Å². The first-order valence-corrected chi connectivity index (χ1v) is 8.29. The normalized spacial score (nSPS) is 10.4. The molecule has 0 aliphatic rings. The van der Waals surface area contributed by atoms with E-state index in [1.807, 2.05) is 0 Å². The summed E-state index contributed by atoms with van der Waals surface area (Å²) in [5, 5.41) is 9.53. The highest BCUT2D eigenvalue weighted by molar-refractivity contribution is 5.94. The minimum Gasteiger partial charge on any atom is -0.494 e. The summed E-state index contributed by atoms with van der Waals surface area (Å²) >= 11 is 0.